The second-order valence-corrected chi connectivity index (χ2v) is 8.52. The Bertz CT molecular complexity index is 1300. The number of methoxy groups -OCH3 is 1. The third-order valence-corrected chi connectivity index (χ3v) is 6.36. The summed E-state index contributed by atoms with van der Waals surface area (Å²) in [6.07, 6.45) is 4.35. The molecule has 0 aliphatic carbocycles. The number of nitrogens with zero attached hydrogens (tertiary/aromatic N) is 4. The Kier molecular flexibility index (Phi) is 4.98. The average molecular weight is 477 g/mol. The van der Waals surface area contributed by atoms with Gasteiger partial charge in [0.2, 0.25) is 5.88 Å². The Morgan fingerprint density at radius 1 is 1.16 bits per heavy atom. The summed E-state index contributed by atoms with van der Waals surface area (Å²) < 4.78 is 8.13. The van der Waals surface area contributed by atoms with E-state index in [0.29, 0.717) is 18.1 Å². The number of aromatic nitrogens is 3. The molecule has 1 amide bonds. The van der Waals surface area contributed by atoms with Crippen LogP contribution in [0, 0.1) is 0 Å². The first kappa shape index (κ1) is 19.8. The molecule has 1 atom stereocenters. The quantitative estimate of drug-likeness (QED) is 0.420. The fourth-order valence-electron chi connectivity index (χ4n) is 4.37. The smallest absolute Gasteiger partial charge is 0.274 e. The average Bonchev–Trinajstić information content (AvgIpc) is 3.22. The van der Waals surface area contributed by atoms with Crippen molar-refractivity contribution in [2.24, 2.45) is 0 Å². The number of hydrogen-bond acceptors (Lipinski definition) is 4. The van der Waals surface area contributed by atoms with Crippen molar-refractivity contribution in [3.8, 4) is 17.0 Å². The first-order valence-electron chi connectivity index (χ1n) is 10.1. The molecule has 0 spiro atoms. The number of carbonyl (C=O) groups excluding carboxylic acids is 1. The Morgan fingerprint density at radius 2 is 2.00 bits per heavy atom. The summed E-state index contributed by atoms with van der Waals surface area (Å²) in [4.78, 5) is 19.6. The Balaban J connectivity index is 1.50. The normalized spacial score (nSPS) is 15.7. The lowest BCUT2D eigenvalue weighted by atomic mass is 9.87. The molecule has 0 N–H and O–H groups in total. The van der Waals surface area contributed by atoms with Crippen molar-refractivity contribution in [3.63, 3.8) is 0 Å². The summed E-state index contributed by atoms with van der Waals surface area (Å²) in [6.45, 7) is 2.71. The second kappa shape index (κ2) is 7.81. The van der Waals surface area contributed by atoms with E-state index < -0.39 is 0 Å². The molecular formula is C24H21BrN4O2. The van der Waals surface area contributed by atoms with E-state index in [1.54, 1.807) is 17.8 Å². The first-order chi connectivity index (χ1) is 15.1. The van der Waals surface area contributed by atoms with Crippen molar-refractivity contribution in [2.45, 2.75) is 19.4 Å². The van der Waals surface area contributed by atoms with Gasteiger partial charge in [0.1, 0.15) is 0 Å². The number of carbonyl (C=O) groups is 1. The van der Waals surface area contributed by atoms with Crippen LogP contribution in [-0.2, 0) is 6.42 Å². The van der Waals surface area contributed by atoms with Crippen molar-refractivity contribution >= 4 is 27.4 Å². The van der Waals surface area contributed by atoms with E-state index in [0.717, 1.165) is 33.1 Å². The molecule has 1 aliphatic heterocycles. The lowest BCUT2D eigenvalue weighted by molar-refractivity contribution is 0.0671. The van der Waals surface area contributed by atoms with E-state index in [-0.39, 0.29) is 11.9 Å². The Morgan fingerprint density at radius 3 is 2.84 bits per heavy atom. The summed E-state index contributed by atoms with van der Waals surface area (Å²) in [5.74, 6) is 0.556. The van der Waals surface area contributed by atoms with Gasteiger partial charge >= 0.3 is 0 Å². The highest BCUT2D eigenvalue weighted by Crippen LogP contribution is 2.38. The summed E-state index contributed by atoms with van der Waals surface area (Å²) in [7, 11) is 1.64. The van der Waals surface area contributed by atoms with Gasteiger partial charge in [-0.2, -0.15) is 5.10 Å². The van der Waals surface area contributed by atoms with Crippen LogP contribution in [0.25, 0.3) is 16.6 Å². The van der Waals surface area contributed by atoms with Crippen LogP contribution in [0.15, 0.2) is 65.4 Å². The van der Waals surface area contributed by atoms with Crippen LogP contribution in [0.1, 0.15) is 34.6 Å². The van der Waals surface area contributed by atoms with Crippen LogP contribution in [0.2, 0.25) is 0 Å². The lowest BCUT2D eigenvalue weighted by Gasteiger charge is -2.36. The molecule has 4 aromatic rings. The minimum absolute atomic E-state index is 0.0534. The molecule has 0 bridgehead atoms. The van der Waals surface area contributed by atoms with E-state index in [1.807, 2.05) is 47.5 Å². The van der Waals surface area contributed by atoms with Crippen LogP contribution < -0.4 is 4.74 Å². The molecular weight excluding hydrogens is 456 g/mol. The van der Waals surface area contributed by atoms with Gasteiger partial charge in [0.15, 0.2) is 5.69 Å². The van der Waals surface area contributed by atoms with Gasteiger partial charge in [0, 0.05) is 29.0 Å². The zero-order chi connectivity index (χ0) is 21.5. The van der Waals surface area contributed by atoms with Gasteiger partial charge in [-0.05, 0) is 76.3 Å². The van der Waals surface area contributed by atoms with Crippen molar-refractivity contribution in [3.05, 3.63) is 82.2 Å². The molecule has 156 valence electrons. The molecule has 31 heavy (non-hydrogen) atoms. The zero-order valence-corrected chi connectivity index (χ0v) is 18.8. The van der Waals surface area contributed by atoms with Crippen LogP contribution >= 0.6 is 15.9 Å². The van der Waals surface area contributed by atoms with Gasteiger partial charge in [-0.1, -0.05) is 18.2 Å². The number of halogens is 1. The number of fused-ring (bicyclic) bond motifs is 2. The molecule has 1 unspecified atom stereocenters. The predicted octanol–water partition coefficient (Wildman–Crippen LogP) is 4.93. The van der Waals surface area contributed by atoms with Crippen molar-refractivity contribution < 1.29 is 9.53 Å². The summed E-state index contributed by atoms with van der Waals surface area (Å²) in [5, 5.41) is 4.50. The van der Waals surface area contributed by atoms with Crippen LogP contribution in [-0.4, -0.2) is 39.1 Å². The topological polar surface area (TPSA) is 59.7 Å². The fourth-order valence-corrected chi connectivity index (χ4v) is 4.70. The van der Waals surface area contributed by atoms with Gasteiger partial charge in [-0.15, -0.1) is 0 Å². The molecule has 0 saturated carbocycles. The minimum Gasteiger partial charge on any atom is -0.481 e. The van der Waals surface area contributed by atoms with Crippen molar-refractivity contribution in [2.75, 3.05) is 13.7 Å². The summed E-state index contributed by atoms with van der Waals surface area (Å²) in [6, 6.07) is 15.8. The van der Waals surface area contributed by atoms with E-state index >= 15 is 0 Å². The van der Waals surface area contributed by atoms with Crippen molar-refractivity contribution in [1.29, 1.82) is 0 Å². The summed E-state index contributed by atoms with van der Waals surface area (Å²) >= 11 is 3.45. The Hall–Kier alpha value is -3.19. The maximum atomic E-state index is 13.3. The third kappa shape index (κ3) is 3.39. The third-order valence-electron chi connectivity index (χ3n) is 5.89. The Labute approximate surface area is 188 Å². The van der Waals surface area contributed by atoms with Crippen LogP contribution in [0.3, 0.4) is 0 Å². The van der Waals surface area contributed by atoms with E-state index in [2.05, 4.69) is 45.1 Å². The molecule has 6 nitrogen and oxygen atoms in total. The molecule has 0 fully saturated rings. The number of hydrogen-bond donors (Lipinski definition) is 0. The van der Waals surface area contributed by atoms with E-state index in [9.17, 15) is 4.79 Å². The van der Waals surface area contributed by atoms with Gasteiger partial charge in [0.05, 0.1) is 18.7 Å². The van der Waals surface area contributed by atoms with E-state index in [4.69, 9.17) is 4.74 Å². The largest absolute Gasteiger partial charge is 0.481 e. The molecule has 3 aromatic heterocycles. The maximum absolute atomic E-state index is 13.3. The standard InChI is InChI=1S/C24H21BrN4O2/c1-15-18-5-3-6-19(21-7-4-11-26-23(21)31-2)20(18)10-12-28(15)24(30)22-13-17-9-8-16(25)14-29(17)27-22/h3-9,11,13-15H,10,12H2,1-2H3. The molecule has 7 heteroatoms. The lowest BCUT2D eigenvalue weighted by Crippen LogP contribution is -2.39. The number of rotatable bonds is 3. The van der Waals surface area contributed by atoms with Crippen molar-refractivity contribution in [1.82, 2.24) is 19.5 Å². The first-order valence-corrected chi connectivity index (χ1v) is 10.9. The zero-order valence-electron chi connectivity index (χ0n) is 17.2. The highest BCUT2D eigenvalue weighted by Gasteiger charge is 2.31. The van der Waals surface area contributed by atoms with Crippen LogP contribution in [0.4, 0.5) is 0 Å². The molecule has 4 heterocycles. The highest BCUT2D eigenvalue weighted by molar-refractivity contribution is 9.10. The number of pyridine rings is 2. The summed E-state index contributed by atoms with van der Waals surface area (Å²) in [5.41, 5.74) is 5.82. The monoisotopic (exact) mass is 476 g/mol. The molecule has 1 aliphatic rings. The SMILES string of the molecule is COc1ncccc1-c1cccc2c1CCN(C(=O)c1cc3ccc(Br)cn3n1)C2C. The fraction of sp³-hybridized carbons (Fsp3) is 0.208. The van der Waals surface area contributed by atoms with Gasteiger partial charge in [-0.25, -0.2) is 9.50 Å². The number of ether oxygens (including phenoxy) is 1. The maximum Gasteiger partial charge on any atom is 0.274 e. The highest BCUT2D eigenvalue weighted by atomic mass is 79.9. The van der Waals surface area contributed by atoms with Gasteiger partial charge in [0.25, 0.3) is 5.91 Å². The predicted molar refractivity (Wildman–Crippen MR) is 122 cm³/mol. The molecule has 1 aromatic carbocycles. The van der Waals surface area contributed by atoms with Gasteiger partial charge < -0.3 is 9.64 Å². The number of amides is 1. The van der Waals surface area contributed by atoms with Crippen LogP contribution in [0.5, 0.6) is 5.88 Å². The second-order valence-electron chi connectivity index (χ2n) is 7.60. The van der Waals surface area contributed by atoms with E-state index in [1.165, 1.54) is 5.56 Å². The van der Waals surface area contributed by atoms with Gasteiger partial charge in [-0.3, -0.25) is 4.79 Å². The molecule has 0 saturated heterocycles. The molecule has 5 rings (SSSR count). The number of benzene rings is 1. The molecule has 0 radical (unpaired) electrons. The minimum atomic E-state index is -0.0598.